The third kappa shape index (κ3) is 3.57. The first-order chi connectivity index (χ1) is 15.0. The largest absolute Gasteiger partial charge is 0.497 e. The van der Waals surface area contributed by atoms with E-state index in [4.69, 9.17) is 9.72 Å². The molecular weight excluding hydrogens is 430 g/mol. The highest BCUT2D eigenvalue weighted by molar-refractivity contribution is 8.01. The Balaban J connectivity index is 1.53. The number of amides is 2. The number of ether oxygens (including phenoxy) is 1. The van der Waals surface area contributed by atoms with E-state index >= 15 is 0 Å². The van der Waals surface area contributed by atoms with Crippen molar-refractivity contribution < 1.29 is 14.3 Å². The predicted octanol–water partition coefficient (Wildman–Crippen LogP) is 4.29. The Labute approximate surface area is 189 Å². The fourth-order valence-electron chi connectivity index (χ4n) is 4.32. The van der Waals surface area contributed by atoms with E-state index in [-0.39, 0.29) is 16.7 Å². The highest BCUT2D eigenvalue weighted by atomic mass is 32.2. The molecule has 0 N–H and O–H groups in total. The molecule has 2 atom stereocenters. The summed E-state index contributed by atoms with van der Waals surface area (Å²) in [5.41, 5.74) is 1.85. The van der Waals surface area contributed by atoms with E-state index in [0.29, 0.717) is 23.8 Å². The maximum absolute atomic E-state index is 13.8. The molecule has 31 heavy (non-hydrogen) atoms. The number of aromatic nitrogens is 1. The zero-order chi connectivity index (χ0) is 21.6. The molecule has 3 aromatic rings. The van der Waals surface area contributed by atoms with Crippen molar-refractivity contribution in [3.8, 4) is 5.75 Å². The minimum atomic E-state index is -0.463. The van der Waals surface area contributed by atoms with Crippen LogP contribution in [0.2, 0.25) is 0 Å². The summed E-state index contributed by atoms with van der Waals surface area (Å²) in [6, 6.07) is 15.2. The average molecular weight is 454 g/mol. The molecule has 160 valence electrons. The van der Waals surface area contributed by atoms with E-state index in [1.807, 2.05) is 53.4 Å². The number of hydrogen-bond acceptors (Lipinski definition) is 6. The molecule has 0 bridgehead atoms. The molecule has 2 aromatic carbocycles. The van der Waals surface area contributed by atoms with E-state index in [1.54, 1.807) is 23.8 Å². The number of rotatable bonds is 5. The van der Waals surface area contributed by atoms with Crippen LogP contribution < -0.4 is 9.64 Å². The molecule has 3 heterocycles. The predicted molar refractivity (Wildman–Crippen MR) is 125 cm³/mol. The summed E-state index contributed by atoms with van der Waals surface area (Å²) in [7, 11) is 1.64. The Morgan fingerprint density at radius 2 is 2.10 bits per heavy atom. The van der Waals surface area contributed by atoms with Crippen LogP contribution in [0, 0.1) is 0 Å². The lowest BCUT2D eigenvalue weighted by Gasteiger charge is -2.32. The molecule has 2 amide bonds. The minimum absolute atomic E-state index is 0.0682. The molecule has 0 spiro atoms. The van der Waals surface area contributed by atoms with E-state index in [0.717, 1.165) is 28.0 Å². The number of nitrogens with zero attached hydrogens (tertiary/aromatic N) is 3. The topological polar surface area (TPSA) is 62.7 Å². The maximum Gasteiger partial charge on any atom is 0.252 e. The monoisotopic (exact) mass is 453 g/mol. The molecular formula is C23H23N3O3S2. The molecule has 8 heteroatoms. The summed E-state index contributed by atoms with van der Waals surface area (Å²) >= 11 is 3.18. The van der Waals surface area contributed by atoms with Crippen molar-refractivity contribution in [3.63, 3.8) is 0 Å². The van der Waals surface area contributed by atoms with Gasteiger partial charge in [-0.05, 0) is 37.1 Å². The first kappa shape index (κ1) is 20.3. The van der Waals surface area contributed by atoms with Gasteiger partial charge in [-0.3, -0.25) is 14.5 Å². The first-order valence-electron chi connectivity index (χ1n) is 10.2. The highest BCUT2D eigenvalue weighted by Crippen LogP contribution is 2.48. The van der Waals surface area contributed by atoms with Gasteiger partial charge in [0.15, 0.2) is 5.13 Å². The Kier molecular flexibility index (Phi) is 5.14. The molecule has 2 fully saturated rings. The van der Waals surface area contributed by atoms with Crippen LogP contribution in [-0.4, -0.2) is 45.5 Å². The van der Waals surface area contributed by atoms with Crippen LogP contribution in [0.1, 0.15) is 25.3 Å². The molecule has 2 aliphatic heterocycles. The van der Waals surface area contributed by atoms with Crippen molar-refractivity contribution in [2.75, 3.05) is 17.8 Å². The maximum atomic E-state index is 13.8. The minimum Gasteiger partial charge on any atom is -0.497 e. The van der Waals surface area contributed by atoms with Crippen molar-refractivity contribution in [2.24, 2.45) is 0 Å². The van der Waals surface area contributed by atoms with E-state index < -0.39 is 6.04 Å². The van der Waals surface area contributed by atoms with Gasteiger partial charge >= 0.3 is 0 Å². The number of thioether (sulfide) groups is 1. The quantitative estimate of drug-likeness (QED) is 0.577. The van der Waals surface area contributed by atoms with Crippen molar-refractivity contribution in [1.82, 2.24) is 9.88 Å². The summed E-state index contributed by atoms with van der Waals surface area (Å²) in [5, 5.41) is 0.641. The fourth-order valence-corrected chi connectivity index (χ4v) is 6.75. The van der Waals surface area contributed by atoms with Gasteiger partial charge in [0.25, 0.3) is 5.91 Å². The number of benzene rings is 2. The Bertz CT molecular complexity index is 1150. The zero-order valence-electron chi connectivity index (χ0n) is 17.4. The second-order valence-electron chi connectivity index (χ2n) is 8.01. The Morgan fingerprint density at radius 1 is 1.29 bits per heavy atom. The molecule has 0 radical (unpaired) electrons. The van der Waals surface area contributed by atoms with Crippen molar-refractivity contribution >= 4 is 50.3 Å². The molecule has 0 aliphatic carbocycles. The zero-order valence-corrected chi connectivity index (χ0v) is 19.0. The van der Waals surface area contributed by atoms with Crippen molar-refractivity contribution in [2.45, 2.75) is 37.2 Å². The number of fused-ring (bicyclic) bond motifs is 2. The molecule has 2 aliphatic rings. The summed E-state index contributed by atoms with van der Waals surface area (Å²) in [5.74, 6) is 1.38. The van der Waals surface area contributed by atoms with Crippen LogP contribution in [-0.2, 0) is 16.1 Å². The van der Waals surface area contributed by atoms with Gasteiger partial charge in [-0.25, -0.2) is 4.98 Å². The average Bonchev–Trinajstić information content (AvgIpc) is 3.44. The van der Waals surface area contributed by atoms with Crippen LogP contribution in [0.4, 0.5) is 5.13 Å². The number of carbonyl (C=O) groups is 2. The van der Waals surface area contributed by atoms with Crippen LogP contribution in [0.5, 0.6) is 5.75 Å². The van der Waals surface area contributed by atoms with Crippen molar-refractivity contribution in [3.05, 3.63) is 54.1 Å². The van der Waals surface area contributed by atoms with Gasteiger partial charge in [0.2, 0.25) is 5.91 Å². The number of methoxy groups -OCH3 is 1. The molecule has 5 rings (SSSR count). The van der Waals surface area contributed by atoms with E-state index in [1.165, 1.54) is 11.3 Å². The number of hydrogen-bond donors (Lipinski definition) is 0. The third-order valence-electron chi connectivity index (χ3n) is 5.99. The van der Waals surface area contributed by atoms with Crippen LogP contribution in [0.3, 0.4) is 0 Å². The number of thiazole rings is 1. The smallest absolute Gasteiger partial charge is 0.252 e. The lowest BCUT2D eigenvalue weighted by Crippen LogP contribution is -2.51. The number of anilines is 1. The fraction of sp³-hybridized carbons (Fsp3) is 0.348. The van der Waals surface area contributed by atoms with Crippen LogP contribution in [0.15, 0.2) is 48.5 Å². The van der Waals surface area contributed by atoms with Gasteiger partial charge in [-0.15, -0.1) is 11.8 Å². The molecule has 2 unspecified atom stereocenters. The summed E-state index contributed by atoms with van der Waals surface area (Å²) in [6.45, 7) is 2.48. The van der Waals surface area contributed by atoms with Gasteiger partial charge < -0.3 is 9.64 Å². The standard InChI is InChI=1S/C23H23N3O3S2/c1-23-11-10-20(27)26(23)18(14-30-23)21(28)25(13-15-6-4-3-5-7-15)22-24-17-9-8-16(29-2)12-19(17)31-22/h3-9,12,18H,10-11,13-14H2,1-2H3. The molecule has 6 nitrogen and oxygen atoms in total. The highest BCUT2D eigenvalue weighted by Gasteiger charge is 2.53. The molecule has 0 saturated carbocycles. The summed E-state index contributed by atoms with van der Waals surface area (Å²) < 4.78 is 6.30. The third-order valence-corrected chi connectivity index (χ3v) is 8.54. The van der Waals surface area contributed by atoms with Crippen LogP contribution >= 0.6 is 23.1 Å². The summed E-state index contributed by atoms with van der Waals surface area (Å²) in [6.07, 6.45) is 1.30. The van der Waals surface area contributed by atoms with E-state index in [2.05, 4.69) is 6.92 Å². The second-order valence-corrected chi connectivity index (χ2v) is 10.5. The Morgan fingerprint density at radius 3 is 2.87 bits per heavy atom. The van der Waals surface area contributed by atoms with Gasteiger partial charge in [-0.2, -0.15) is 0 Å². The van der Waals surface area contributed by atoms with Crippen molar-refractivity contribution in [1.29, 1.82) is 0 Å². The van der Waals surface area contributed by atoms with Crippen LogP contribution in [0.25, 0.3) is 10.2 Å². The van der Waals surface area contributed by atoms with Gasteiger partial charge in [0, 0.05) is 12.2 Å². The Hall–Kier alpha value is -2.58. The van der Waals surface area contributed by atoms with Gasteiger partial charge in [0.1, 0.15) is 11.8 Å². The first-order valence-corrected chi connectivity index (χ1v) is 12.0. The lowest BCUT2D eigenvalue weighted by molar-refractivity contribution is -0.136. The molecule has 2 saturated heterocycles. The lowest BCUT2D eigenvalue weighted by atomic mass is 10.1. The normalized spacial score (nSPS) is 22.7. The van der Waals surface area contributed by atoms with Gasteiger partial charge in [0.05, 0.1) is 28.7 Å². The molecule has 1 aromatic heterocycles. The second kappa shape index (κ2) is 7.84. The summed E-state index contributed by atoms with van der Waals surface area (Å²) in [4.78, 5) is 34.5. The van der Waals surface area contributed by atoms with Gasteiger partial charge in [-0.1, -0.05) is 41.7 Å². The van der Waals surface area contributed by atoms with E-state index in [9.17, 15) is 9.59 Å². The number of carbonyl (C=O) groups excluding carboxylic acids is 2. The SMILES string of the molecule is COc1ccc2nc(N(Cc3ccccc3)C(=O)C3CSC4(C)CCC(=O)N34)sc2c1.